The van der Waals surface area contributed by atoms with Gasteiger partial charge in [-0.05, 0) is 41.0 Å². The van der Waals surface area contributed by atoms with Crippen LogP contribution in [0, 0.1) is 13.8 Å². The smallest absolute Gasteiger partial charge is 0.247 e. The lowest BCUT2D eigenvalue weighted by Crippen LogP contribution is -2.39. The predicted molar refractivity (Wildman–Crippen MR) is 89.6 cm³/mol. The number of nitrogens with two attached hydrogens (primary N) is 1. The van der Waals surface area contributed by atoms with Crippen LogP contribution in [0.2, 0.25) is 0 Å². The van der Waals surface area contributed by atoms with Crippen LogP contribution in [0.1, 0.15) is 51.9 Å². The summed E-state index contributed by atoms with van der Waals surface area (Å²) in [5.41, 5.74) is 5.90. The van der Waals surface area contributed by atoms with Crippen LogP contribution < -0.4 is 5.73 Å². The molecule has 0 aliphatic carbocycles. The zero-order valence-corrected chi connectivity index (χ0v) is 15.7. The minimum Gasteiger partial charge on any atom is -0.369 e. The highest BCUT2D eigenvalue weighted by atomic mass is 32.2. The van der Waals surface area contributed by atoms with Crippen molar-refractivity contribution in [3.63, 3.8) is 0 Å². The molecule has 1 aromatic rings. The first-order valence-electron chi connectivity index (χ1n) is 7.78. The van der Waals surface area contributed by atoms with Crippen LogP contribution in [0.15, 0.2) is 4.90 Å². The molecule has 2 N–H and O–H groups in total. The Balaban J connectivity index is 3.40. The summed E-state index contributed by atoms with van der Waals surface area (Å²) in [5.74, 6) is -0.664. The van der Waals surface area contributed by atoms with Crippen molar-refractivity contribution in [2.24, 2.45) is 5.73 Å². The molecule has 0 aliphatic heterocycles. The number of primary amides is 1. The number of amides is 1. The van der Waals surface area contributed by atoms with E-state index in [1.807, 2.05) is 27.7 Å². The number of unbranched alkanes of at least 4 members (excludes halogenated alkanes) is 1. The summed E-state index contributed by atoms with van der Waals surface area (Å²) in [7, 11) is -3.82. The van der Waals surface area contributed by atoms with E-state index < -0.39 is 15.9 Å². The Morgan fingerprint density at radius 3 is 2.26 bits per heavy atom. The zero-order chi connectivity index (χ0) is 18.0. The molecule has 1 heterocycles. The summed E-state index contributed by atoms with van der Waals surface area (Å²) in [5, 5.41) is 4.38. The molecule has 0 saturated heterocycles. The fourth-order valence-electron chi connectivity index (χ4n) is 2.58. The van der Waals surface area contributed by atoms with E-state index in [9.17, 15) is 13.2 Å². The van der Waals surface area contributed by atoms with Crippen molar-refractivity contribution in [1.82, 2.24) is 14.1 Å². The summed E-state index contributed by atoms with van der Waals surface area (Å²) >= 11 is 0. The van der Waals surface area contributed by atoms with Crippen molar-refractivity contribution in [2.75, 3.05) is 13.1 Å². The van der Waals surface area contributed by atoms with Crippen LogP contribution in [0.5, 0.6) is 0 Å². The van der Waals surface area contributed by atoms with Crippen LogP contribution in [-0.4, -0.2) is 41.5 Å². The van der Waals surface area contributed by atoms with Crippen molar-refractivity contribution in [2.45, 2.75) is 64.8 Å². The Hall–Kier alpha value is -1.41. The number of carbonyl (C=O) groups excluding carboxylic acids is 1. The molecule has 0 aliphatic rings. The average Bonchev–Trinajstić information content (AvgIpc) is 2.69. The summed E-state index contributed by atoms with van der Waals surface area (Å²) in [6.07, 6.45) is 1.49. The Labute approximate surface area is 138 Å². The molecule has 8 heteroatoms. The normalized spacial score (nSPS) is 12.8. The third kappa shape index (κ3) is 4.32. The second kappa shape index (κ2) is 7.00. The number of aryl methyl sites for hydroxylation is 1. The number of sulfonamides is 1. The van der Waals surface area contributed by atoms with E-state index in [0.717, 1.165) is 10.7 Å². The summed E-state index contributed by atoms with van der Waals surface area (Å²) in [6.45, 7) is 11.2. The third-order valence-corrected chi connectivity index (χ3v) is 5.65. The molecule has 0 saturated carbocycles. The van der Waals surface area contributed by atoms with E-state index >= 15 is 0 Å². The quantitative estimate of drug-likeness (QED) is 0.811. The molecule has 1 rings (SSSR count). The van der Waals surface area contributed by atoms with Gasteiger partial charge in [0.25, 0.3) is 0 Å². The Kier molecular flexibility index (Phi) is 5.98. The van der Waals surface area contributed by atoms with Gasteiger partial charge in [0.1, 0.15) is 4.90 Å². The fraction of sp³-hybridized carbons (Fsp3) is 0.733. The average molecular weight is 344 g/mol. The topological polar surface area (TPSA) is 98.3 Å². The molecule has 0 unspecified atom stereocenters. The number of hydrogen-bond donors (Lipinski definition) is 1. The van der Waals surface area contributed by atoms with E-state index in [4.69, 9.17) is 5.73 Å². The molecule has 0 spiro atoms. The molecular formula is C15H28N4O3S. The first-order valence-corrected chi connectivity index (χ1v) is 9.22. The minimum absolute atomic E-state index is 0.171. The van der Waals surface area contributed by atoms with Crippen LogP contribution in [0.3, 0.4) is 0 Å². The second-order valence-corrected chi connectivity index (χ2v) is 8.62. The maximum absolute atomic E-state index is 13.0. The predicted octanol–water partition coefficient (Wildman–Crippen LogP) is 1.53. The maximum Gasteiger partial charge on any atom is 0.247 e. The molecule has 0 bridgehead atoms. The van der Waals surface area contributed by atoms with Crippen LogP contribution >= 0.6 is 0 Å². The van der Waals surface area contributed by atoms with E-state index in [1.54, 1.807) is 18.5 Å². The molecule has 0 aromatic carbocycles. The van der Waals surface area contributed by atoms with Gasteiger partial charge in [0.15, 0.2) is 0 Å². The highest BCUT2D eigenvalue weighted by Crippen LogP contribution is 2.27. The van der Waals surface area contributed by atoms with Crippen LogP contribution in [0.4, 0.5) is 0 Å². The molecule has 0 fully saturated rings. The molecule has 1 aromatic heterocycles. The van der Waals surface area contributed by atoms with Crippen LogP contribution in [-0.2, 0) is 20.4 Å². The van der Waals surface area contributed by atoms with Crippen molar-refractivity contribution < 1.29 is 13.2 Å². The van der Waals surface area contributed by atoms with Gasteiger partial charge in [-0.2, -0.15) is 9.40 Å². The largest absolute Gasteiger partial charge is 0.369 e. The Morgan fingerprint density at radius 1 is 1.30 bits per heavy atom. The van der Waals surface area contributed by atoms with Gasteiger partial charge in [0, 0.05) is 6.54 Å². The number of aromatic nitrogens is 2. The van der Waals surface area contributed by atoms with Crippen molar-refractivity contribution in [3.8, 4) is 0 Å². The molecule has 1 amide bonds. The van der Waals surface area contributed by atoms with Gasteiger partial charge in [-0.3, -0.25) is 9.48 Å². The van der Waals surface area contributed by atoms with Gasteiger partial charge in [-0.15, -0.1) is 0 Å². The van der Waals surface area contributed by atoms with Crippen molar-refractivity contribution in [1.29, 1.82) is 0 Å². The molecule has 132 valence electrons. The molecule has 0 radical (unpaired) electrons. The monoisotopic (exact) mass is 344 g/mol. The molecular weight excluding hydrogens is 316 g/mol. The highest BCUT2D eigenvalue weighted by Gasteiger charge is 2.33. The van der Waals surface area contributed by atoms with E-state index in [0.29, 0.717) is 17.8 Å². The van der Waals surface area contributed by atoms with Gasteiger partial charge in [0.05, 0.1) is 23.5 Å². The summed E-state index contributed by atoms with van der Waals surface area (Å²) < 4.78 is 28.9. The second-order valence-electron chi connectivity index (χ2n) is 6.74. The lowest BCUT2D eigenvalue weighted by molar-refractivity contribution is -0.118. The van der Waals surface area contributed by atoms with Crippen molar-refractivity contribution >= 4 is 15.9 Å². The van der Waals surface area contributed by atoms with Crippen LogP contribution in [0.25, 0.3) is 0 Å². The molecule has 7 nitrogen and oxygen atoms in total. The van der Waals surface area contributed by atoms with E-state index in [2.05, 4.69) is 5.10 Å². The van der Waals surface area contributed by atoms with Gasteiger partial charge < -0.3 is 5.73 Å². The Morgan fingerprint density at radius 2 is 1.87 bits per heavy atom. The highest BCUT2D eigenvalue weighted by molar-refractivity contribution is 7.89. The number of hydrogen-bond acceptors (Lipinski definition) is 4. The number of carbonyl (C=O) groups is 1. The lowest BCUT2D eigenvalue weighted by Gasteiger charge is -2.23. The lowest BCUT2D eigenvalue weighted by atomic mass is 10.1. The fourth-order valence-corrected chi connectivity index (χ4v) is 4.38. The van der Waals surface area contributed by atoms with Gasteiger partial charge >= 0.3 is 0 Å². The Bertz CT molecular complexity index is 672. The molecule has 0 atom stereocenters. The number of nitrogens with zero attached hydrogens (tertiary/aromatic N) is 3. The zero-order valence-electron chi connectivity index (χ0n) is 14.9. The van der Waals surface area contributed by atoms with Gasteiger partial charge in [-0.1, -0.05) is 13.3 Å². The first-order chi connectivity index (χ1) is 10.4. The SMILES string of the molecule is CCCCN(CC(N)=O)S(=O)(=O)c1c(C)nn(C(C)(C)C)c1C. The third-order valence-electron chi connectivity index (χ3n) is 3.55. The maximum atomic E-state index is 13.0. The van der Waals surface area contributed by atoms with Gasteiger partial charge in [0.2, 0.25) is 15.9 Å². The van der Waals surface area contributed by atoms with Crippen molar-refractivity contribution in [3.05, 3.63) is 11.4 Å². The first kappa shape index (κ1) is 19.6. The van der Waals surface area contributed by atoms with Gasteiger partial charge in [-0.25, -0.2) is 8.42 Å². The van der Waals surface area contributed by atoms with E-state index in [1.165, 1.54) is 0 Å². The minimum atomic E-state index is -3.82. The summed E-state index contributed by atoms with van der Waals surface area (Å²) in [4.78, 5) is 11.5. The molecule has 23 heavy (non-hydrogen) atoms. The standard InChI is InChI=1S/C15H28N4O3S/c1-7-8-9-18(10-13(16)20)23(21,22)14-11(2)17-19(12(14)3)15(4,5)6/h7-10H2,1-6H3,(H2,16,20). The summed E-state index contributed by atoms with van der Waals surface area (Å²) in [6, 6.07) is 0. The van der Waals surface area contributed by atoms with E-state index in [-0.39, 0.29) is 23.5 Å². The number of rotatable bonds is 7.